The van der Waals surface area contributed by atoms with Crippen molar-refractivity contribution in [3.05, 3.63) is 181 Å². The van der Waals surface area contributed by atoms with Crippen LogP contribution >= 0.6 is 0 Å². The Bertz CT molecular complexity index is 2590. The fourth-order valence-electron chi connectivity index (χ4n) is 8.15. The molecule has 1 aromatic heterocycles. The van der Waals surface area contributed by atoms with Crippen LogP contribution in [0.4, 0.5) is 11.4 Å². The van der Waals surface area contributed by atoms with E-state index in [-0.39, 0.29) is 0 Å². The van der Waals surface area contributed by atoms with Crippen molar-refractivity contribution >= 4 is 61.7 Å². The number of benzene rings is 5. The Kier molecular flexibility index (Phi) is 10.7. The van der Waals surface area contributed by atoms with Crippen LogP contribution in [0, 0.1) is 0 Å². The molecule has 2 heteroatoms. The highest BCUT2D eigenvalue weighted by atomic mass is 15.1. The highest BCUT2D eigenvalue weighted by Crippen LogP contribution is 2.45. The number of rotatable bonds is 11. The van der Waals surface area contributed by atoms with Gasteiger partial charge in [0.1, 0.15) is 0 Å². The van der Waals surface area contributed by atoms with E-state index >= 15 is 0 Å². The Balaban J connectivity index is 0.00000221. The number of nitrogens with zero attached hydrogens (tertiary/aromatic N) is 2. The average Bonchev–Trinajstić information content (AvgIpc) is 3.82. The molecule has 2 aliphatic carbocycles. The van der Waals surface area contributed by atoms with Crippen molar-refractivity contribution < 1.29 is 0 Å². The predicted octanol–water partition coefficient (Wildman–Crippen LogP) is 14.9. The van der Waals surface area contributed by atoms with Gasteiger partial charge in [-0.25, -0.2) is 0 Å². The monoisotopic (exact) mass is 702 g/mol. The minimum absolute atomic E-state index is 0.536. The van der Waals surface area contributed by atoms with E-state index in [4.69, 9.17) is 0 Å². The maximum Gasteiger partial charge on any atom is 0.0624 e. The van der Waals surface area contributed by atoms with Crippen LogP contribution in [0.5, 0.6) is 0 Å². The van der Waals surface area contributed by atoms with Crippen molar-refractivity contribution in [3.8, 4) is 11.1 Å². The summed E-state index contributed by atoms with van der Waals surface area (Å²) in [5, 5.41) is 6.59. The van der Waals surface area contributed by atoms with Gasteiger partial charge in [-0.05, 0) is 136 Å². The van der Waals surface area contributed by atoms with Gasteiger partial charge in [-0.1, -0.05) is 120 Å². The van der Waals surface area contributed by atoms with E-state index < -0.39 is 0 Å². The van der Waals surface area contributed by atoms with Gasteiger partial charge in [0, 0.05) is 40.3 Å². The normalized spacial score (nSPS) is 13.8. The lowest BCUT2D eigenvalue weighted by Crippen LogP contribution is -2.13. The molecule has 54 heavy (non-hydrogen) atoms. The third kappa shape index (κ3) is 6.34. The van der Waals surface area contributed by atoms with Gasteiger partial charge in [0.05, 0.1) is 11.2 Å². The maximum atomic E-state index is 3.98. The SMILES string of the molecule is C=C/C=C\C=C/N(c1ccc(C(C)CC)cc1)c1ccc2ccc3c(-c4ccc5c(c4)c4c(n5C(/C=C\C)=C/C=C)C=C=C4)ccc4c3c2c1CC4.CC. The smallest absolute Gasteiger partial charge is 0.0624 e. The molecule has 0 spiro atoms. The lowest BCUT2D eigenvalue weighted by molar-refractivity contribution is 0.733. The van der Waals surface area contributed by atoms with Crippen molar-refractivity contribution in [3.63, 3.8) is 0 Å². The topological polar surface area (TPSA) is 8.17 Å². The molecule has 0 saturated heterocycles. The summed E-state index contributed by atoms with van der Waals surface area (Å²) in [6, 6.07) is 30.1. The summed E-state index contributed by atoms with van der Waals surface area (Å²) in [5.41, 5.74) is 17.1. The zero-order valence-corrected chi connectivity index (χ0v) is 32.4. The summed E-state index contributed by atoms with van der Waals surface area (Å²) < 4.78 is 2.32. The molecule has 8 rings (SSSR count). The number of aryl methyl sites for hydroxylation is 2. The van der Waals surface area contributed by atoms with Crippen molar-refractivity contribution in [1.29, 1.82) is 0 Å². The van der Waals surface area contributed by atoms with E-state index in [9.17, 15) is 0 Å². The fourth-order valence-corrected chi connectivity index (χ4v) is 8.15. The number of allylic oxidation sites excluding steroid dienone is 9. The zero-order chi connectivity index (χ0) is 37.8. The number of hydrogen-bond donors (Lipinski definition) is 0. The number of hydrogen-bond acceptors (Lipinski definition) is 1. The van der Waals surface area contributed by atoms with Gasteiger partial charge in [-0.3, -0.25) is 0 Å². The van der Waals surface area contributed by atoms with Gasteiger partial charge in [-0.15, -0.1) is 5.73 Å². The molecule has 5 aromatic carbocycles. The molecule has 1 atom stereocenters. The van der Waals surface area contributed by atoms with Crippen LogP contribution in [0.2, 0.25) is 0 Å². The summed E-state index contributed by atoms with van der Waals surface area (Å²) in [5.74, 6) is 0.536. The molecular weight excluding hydrogens is 653 g/mol. The van der Waals surface area contributed by atoms with Crippen LogP contribution in [0.1, 0.15) is 74.9 Å². The minimum Gasteiger partial charge on any atom is -0.317 e. The van der Waals surface area contributed by atoms with Crippen molar-refractivity contribution in [2.24, 2.45) is 0 Å². The van der Waals surface area contributed by atoms with Crippen LogP contribution < -0.4 is 4.90 Å². The van der Waals surface area contributed by atoms with E-state index in [1.165, 1.54) is 71.5 Å². The zero-order valence-electron chi connectivity index (χ0n) is 32.4. The summed E-state index contributed by atoms with van der Waals surface area (Å²) in [6.45, 7) is 18.4. The third-order valence-electron chi connectivity index (χ3n) is 10.9. The molecule has 0 radical (unpaired) electrons. The summed E-state index contributed by atoms with van der Waals surface area (Å²) in [4.78, 5) is 2.36. The Morgan fingerprint density at radius 1 is 0.852 bits per heavy atom. The molecule has 0 saturated carbocycles. The molecule has 1 unspecified atom stereocenters. The lowest BCUT2D eigenvalue weighted by Gasteiger charge is -2.28. The summed E-state index contributed by atoms with van der Waals surface area (Å²) in [7, 11) is 0. The molecule has 1 heterocycles. The molecule has 0 bridgehead atoms. The largest absolute Gasteiger partial charge is 0.317 e. The first-order chi connectivity index (χ1) is 26.6. The van der Waals surface area contributed by atoms with Crippen LogP contribution in [-0.2, 0) is 12.8 Å². The van der Waals surface area contributed by atoms with Crippen LogP contribution in [-0.4, -0.2) is 4.57 Å². The second kappa shape index (κ2) is 15.9. The van der Waals surface area contributed by atoms with E-state index in [0.29, 0.717) is 5.92 Å². The van der Waals surface area contributed by atoms with Crippen molar-refractivity contribution in [2.75, 3.05) is 4.90 Å². The molecule has 0 aliphatic heterocycles. The van der Waals surface area contributed by atoms with E-state index in [2.05, 4.69) is 171 Å². The van der Waals surface area contributed by atoms with Gasteiger partial charge in [0.2, 0.25) is 0 Å². The van der Waals surface area contributed by atoms with Crippen LogP contribution in [0.25, 0.3) is 61.4 Å². The van der Waals surface area contributed by atoms with Gasteiger partial charge < -0.3 is 9.47 Å². The van der Waals surface area contributed by atoms with Crippen molar-refractivity contribution in [1.82, 2.24) is 4.57 Å². The quantitative estimate of drug-likeness (QED) is 0.0740. The molecule has 268 valence electrons. The Morgan fingerprint density at radius 2 is 1.67 bits per heavy atom. The Hall–Kier alpha value is -6.08. The second-order valence-corrected chi connectivity index (χ2v) is 13.8. The Labute approximate surface area is 321 Å². The summed E-state index contributed by atoms with van der Waals surface area (Å²) >= 11 is 0. The van der Waals surface area contributed by atoms with Gasteiger partial charge in [0.15, 0.2) is 0 Å². The molecule has 6 aromatic rings. The molecular formula is C52H50N2. The first-order valence-corrected chi connectivity index (χ1v) is 19.5. The van der Waals surface area contributed by atoms with Gasteiger partial charge in [0.25, 0.3) is 0 Å². The molecule has 0 N–H and O–H groups in total. The first kappa shape index (κ1) is 36.3. The fraction of sp³-hybridized carbons (Fsp3) is 0.173. The second-order valence-electron chi connectivity index (χ2n) is 13.8. The van der Waals surface area contributed by atoms with Crippen LogP contribution in [0.3, 0.4) is 0 Å². The van der Waals surface area contributed by atoms with E-state index in [1.807, 2.05) is 38.2 Å². The number of anilines is 2. The van der Waals surface area contributed by atoms with Crippen molar-refractivity contribution in [2.45, 2.75) is 59.8 Å². The third-order valence-corrected chi connectivity index (χ3v) is 10.9. The van der Waals surface area contributed by atoms with Gasteiger partial charge >= 0.3 is 0 Å². The first-order valence-electron chi connectivity index (χ1n) is 19.5. The minimum atomic E-state index is 0.536. The van der Waals surface area contributed by atoms with E-state index in [0.717, 1.165) is 36.3 Å². The predicted molar refractivity (Wildman–Crippen MR) is 239 cm³/mol. The average molecular weight is 703 g/mol. The number of aromatic nitrogens is 1. The molecule has 2 nitrogen and oxygen atoms in total. The molecule has 2 aliphatic rings. The van der Waals surface area contributed by atoms with Crippen LogP contribution in [0.15, 0.2) is 153 Å². The lowest BCUT2D eigenvalue weighted by atomic mass is 9.82. The molecule has 0 amide bonds. The van der Waals surface area contributed by atoms with Gasteiger partial charge in [-0.2, -0.15) is 0 Å². The highest BCUT2D eigenvalue weighted by Gasteiger charge is 2.24. The van der Waals surface area contributed by atoms with E-state index in [1.54, 1.807) is 0 Å². The number of fused-ring (bicyclic) bond motifs is 3. The maximum absolute atomic E-state index is 3.98. The molecule has 0 fully saturated rings. The summed E-state index contributed by atoms with van der Waals surface area (Å²) in [6.07, 6.45) is 25.6. The standard InChI is InChI=1S/C50H44N2.C2H6/c1-6-10-11-12-32-51(39-25-18-35(19-26-39)34(5)9-4)46-30-23-37-21-28-43-41(27-20-36-22-29-44(46)50(37)49(36)43)38-24-31-48-45(33-38)42-16-13-17-47(42)52(48)40(14-7-2)15-8-3;1-2/h6-8,10-12,14-21,23-28,30-34H,1-2,9,22,29H2,3-5H3;1-2H3/b11-10-,15-8-,32-12-,40-14+;. The Morgan fingerprint density at radius 3 is 2.43 bits per heavy atom. The highest BCUT2D eigenvalue weighted by molar-refractivity contribution is 6.17.